The van der Waals surface area contributed by atoms with Crippen LogP contribution in [0.5, 0.6) is 0 Å². The molecule has 1 heterocycles. The molecule has 0 aliphatic carbocycles. The minimum Gasteiger partial charge on any atom is -0.337 e. The van der Waals surface area contributed by atoms with Crippen LogP contribution in [-0.4, -0.2) is 23.2 Å². The van der Waals surface area contributed by atoms with Gasteiger partial charge < -0.3 is 4.90 Å². The minimum absolute atomic E-state index is 0.00589. The van der Waals surface area contributed by atoms with Crippen LogP contribution >= 0.6 is 43.5 Å². The van der Waals surface area contributed by atoms with Crippen LogP contribution in [0.1, 0.15) is 11.1 Å². The molecule has 0 aromatic heterocycles. The Morgan fingerprint density at radius 2 is 1.94 bits per heavy atom. The molecule has 1 aliphatic rings. The topological polar surface area (TPSA) is 20.3 Å². The fourth-order valence-electron chi connectivity index (χ4n) is 1.85. The van der Waals surface area contributed by atoms with E-state index in [1.807, 2.05) is 0 Å². The molecule has 2 rings (SSSR count). The zero-order valence-corrected chi connectivity index (χ0v) is 12.4. The van der Waals surface area contributed by atoms with E-state index in [1.54, 1.807) is 4.90 Å². The summed E-state index contributed by atoms with van der Waals surface area (Å²) >= 11 is 12.5. The molecule has 1 amide bonds. The monoisotopic (exact) mass is 365 g/mol. The van der Waals surface area contributed by atoms with E-state index >= 15 is 0 Å². The minimum atomic E-state index is 0.00589. The number of carbonyl (C=O) groups excluding carboxylic acids is 1. The van der Waals surface area contributed by atoms with E-state index in [1.165, 1.54) is 11.1 Å². The second-order valence-electron chi connectivity index (χ2n) is 3.73. The van der Waals surface area contributed by atoms with Gasteiger partial charge in [-0.25, -0.2) is 0 Å². The standard InChI is InChI=1S/C11H10Br2ClNO/c12-9-3-7-1-2-15(11(16)5-14)6-8(7)4-10(9)13/h3-4H,1-2,5-6H2. The second-order valence-corrected chi connectivity index (χ2v) is 5.71. The molecule has 1 aliphatic heterocycles. The van der Waals surface area contributed by atoms with Crippen molar-refractivity contribution >= 4 is 49.4 Å². The summed E-state index contributed by atoms with van der Waals surface area (Å²) < 4.78 is 2.08. The Morgan fingerprint density at radius 3 is 2.56 bits per heavy atom. The molecule has 0 bridgehead atoms. The predicted molar refractivity (Wildman–Crippen MR) is 71.7 cm³/mol. The number of alkyl halides is 1. The second kappa shape index (κ2) is 5.07. The fraction of sp³-hybridized carbons (Fsp3) is 0.364. The molecule has 2 nitrogen and oxygen atoms in total. The Bertz CT molecular complexity index is 436. The number of benzene rings is 1. The van der Waals surface area contributed by atoms with Gasteiger partial charge in [0.15, 0.2) is 0 Å². The lowest BCUT2D eigenvalue weighted by molar-refractivity contribution is -0.129. The van der Waals surface area contributed by atoms with Gasteiger partial charge in [0, 0.05) is 22.0 Å². The maximum atomic E-state index is 11.5. The van der Waals surface area contributed by atoms with Crippen molar-refractivity contribution in [3.05, 3.63) is 32.2 Å². The number of fused-ring (bicyclic) bond motifs is 1. The van der Waals surface area contributed by atoms with Crippen molar-refractivity contribution in [1.29, 1.82) is 0 Å². The molecule has 0 radical (unpaired) electrons. The molecule has 1 aromatic carbocycles. The molecule has 0 unspecified atom stereocenters. The van der Waals surface area contributed by atoms with E-state index < -0.39 is 0 Å². The number of hydrogen-bond acceptors (Lipinski definition) is 1. The lowest BCUT2D eigenvalue weighted by Crippen LogP contribution is -2.36. The molecule has 86 valence electrons. The van der Waals surface area contributed by atoms with E-state index in [9.17, 15) is 4.79 Å². The lowest BCUT2D eigenvalue weighted by Gasteiger charge is -2.28. The van der Waals surface area contributed by atoms with Gasteiger partial charge in [-0.2, -0.15) is 0 Å². The van der Waals surface area contributed by atoms with E-state index in [0.717, 1.165) is 21.9 Å². The number of halogens is 3. The summed E-state index contributed by atoms with van der Waals surface area (Å²) in [5, 5.41) is 0. The fourth-order valence-corrected chi connectivity index (χ4v) is 2.80. The molecule has 16 heavy (non-hydrogen) atoms. The Labute approximate surface area is 116 Å². The van der Waals surface area contributed by atoms with Crippen molar-refractivity contribution < 1.29 is 4.79 Å². The largest absolute Gasteiger partial charge is 0.337 e. The van der Waals surface area contributed by atoms with Gasteiger partial charge in [0.1, 0.15) is 5.88 Å². The number of hydrogen-bond donors (Lipinski definition) is 0. The van der Waals surface area contributed by atoms with Crippen LogP contribution in [0.15, 0.2) is 21.1 Å². The summed E-state index contributed by atoms with van der Waals surface area (Å²) in [7, 11) is 0. The zero-order chi connectivity index (χ0) is 11.7. The highest BCUT2D eigenvalue weighted by Crippen LogP contribution is 2.30. The first-order chi connectivity index (χ1) is 7.61. The maximum Gasteiger partial charge on any atom is 0.237 e. The quantitative estimate of drug-likeness (QED) is 0.697. The van der Waals surface area contributed by atoms with Gasteiger partial charge in [-0.1, -0.05) is 0 Å². The Kier molecular flexibility index (Phi) is 3.93. The normalized spacial score (nSPS) is 14.8. The lowest BCUT2D eigenvalue weighted by atomic mass is 10.00. The summed E-state index contributed by atoms with van der Waals surface area (Å²) in [6.07, 6.45) is 0.893. The summed E-state index contributed by atoms with van der Waals surface area (Å²) in [6, 6.07) is 4.18. The molecule has 0 saturated heterocycles. The van der Waals surface area contributed by atoms with E-state index in [4.69, 9.17) is 11.6 Å². The van der Waals surface area contributed by atoms with Crippen molar-refractivity contribution in [3.63, 3.8) is 0 Å². The summed E-state index contributed by atoms with van der Waals surface area (Å²) in [5.41, 5.74) is 2.49. The summed E-state index contributed by atoms with van der Waals surface area (Å²) in [5.74, 6) is 0.0684. The van der Waals surface area contributed by atoms with Gasteiger partial charge in [0.2, 0.25) is 5.91 Å². The third-order valence-electron chi connectivity index (χ3n) is 2.72. The molecule has 1 aromatic rings. The third kappa shape index (κ3) is 2.44. The van der Waals surface area contributed by atoms with Gasteiger partial charge in [0.05, 0.1) is 0 Å². The van der Waals surface area contributed by atoms with Gasteiger partial charge in [0.25, 0.3) is 0 Å². The first-order valence-electron chi connectivity index (χ1n) is 4.92. The number of nitrogens with zero attached hydrogens (tertiary/aromatic N) is 1. The van der Waals surface area contributed by atoms with Crippen molar-refractivity contribution in [2.24, 2.45) is 0 Å². The van der Waals surface area contributed by atoms with Crippen LogP contribution in [0.2, 0.25) is 0 Å². The van der Waals surface area contributed by atoms with Crippen LogP contribution in [0.25, 0.3) is 0 Å². The molecular formula is C11H10Br2ClNO. The first-order valence-corrected chi connectivity index (χ1v) is 7.04. The maximum absolute atomic E-state index is 11.5. The molecule has 0 saturated carbocycles. The van der Waals surface area contributed by atoms with Crippen molar-refractivity contribution in [2.75, 3.05) is 12.4 Å². The molecule has 0 spiro atoms. The Hall–Kier alpha value is -0.0600. The Morgan fingerprint density at radius 1 is 1.31 bits per heavy atom. The predicted octanol–water partition coefficient (Wildman–Crippen LogP) is 3.34. The SMILES string of the molecule is O=C(CCl)N1CCc2cc(Br)c(Br)cc2C1. The third-order valence-corrected chi connectivity index (χ3v) is 4.79. The van der Waals surface area contributed by atoms with Crippen LogP contribution in [0.3, 0.4) is 0 Å². The molecule has 0 fully saturated rings. The van der Waals surface area contributed by atoms with Crippen LogP contribution in [0.4, 0.5) is 0 Å². The average molecular weight is 367 g/mol. The smallest absolute Gasteiger partial charge is 0.237 e. The molecule has 5 heteroatoms. The van der Waals surface area contributed by atoms with E-state index in [0.29, 0.717) is 6.54 Å². The molecular weight excluding hydrogens is 357 g/mol. The highest BCUT2D eigenvalue weighted by atomic mass is 79.9. The first kappa shape index (κ1) is 12.4. The van der Waals surface area contributed by atoms with Gasteiger partial charge in [-0.3, -0.25) is 4.79 Å². The van der Waals surface area contributed by atoms with E-state index in [-0.39, 0.29) is 11.8 Å². The summed E-state index contributed by atoms with van der Waals surface area (Å²) in [6.45, 7) is 1.42. The average Bonchev–Trinajstić information content (AvgIpc) is 2.29. The number of rotatable bonds is 1. The summed E-state index contributed by atoms with van der Waals surface area (Å²) in [4.78, 5) is 13.3. The number of carbonyl (C=O) groups is 1. The van der Waals surface area contributed by atoms with Crippen molar-refractivity contribution in [2.45, 2.75) is 13.0 Å². The van der Waals surface area contributed by atoms with Gasteiger partial charge in [-0.05, 0) is 61.5 Å². The van der Waals surface area contributed by atoms with Crippen LogP contribution in [0, 0.1) is 0 Å². The highest BCUT2D eigenvalue weighted by molar-refractivity contribution is 9.13. The van der Waals surface area contributed by atoms with E-state index in [2.05, 4.69) is 44.0 Å². The van der Waals surface area contributed by atoms with Crippen LogP contribution in [-0.2, 0) is 17.8 Å². The highest BCUT2D eigenvalue weighted by Gasteiger charge is 2.20. The van der Waals surface area contributed by atoms with Crippen LogP contribution < -0.4 is 0 Å². The molecule has 0 atom stereocenters. The van der Waals surface area contributed by atoms with Crippen molar-refractivity contribution in [3.8, 4) is 0 Å². The molecule has 0 N–H and O–H groups in total. The zero-order valence-electron chi connectivity index (χ0n) is 8.47. The van der Waals surface area contributed by atoms with Gasteiger partial charge in [-0.15, -0.1) is 11.6 Å². The number of amides is 1. The Balaban J connectivity index is 2.27. The van der Waals surface area contributed by atoms with Gasteiger partial charge >= 0.3 is 0 Å². The van der Waals surface area contributed by atoms with Crippen molar-refractivity contribution in [1.82, 2.24) is 4.90 Å².